The fourth-order valence-electron chi connectivity index (χ4n) is 1.72. The highest BCUT2D eigenvalue weighted by molar-refractivity contribution is 7.89. The number of nitrogens with zero attached hydrogens (tertiary/aromatic N) is 1. The fourth-order valence-corrected chi connectivity index (χ4v) is 2.51. The largest absolute Gasteiger partial charge is 0.276 e. The molecule has 110 valence electrons. The maximum Gasteiger partial charge on any atom is 0.276 e. The molecule has 0 atom stereocenters. The molecule has 0 radical (unpaired) electrons. The summed E-state index contributed by atoms with van der Waals surface area (Å²) < 4.78 is 36.7. The number of sulfonamides is 1. The van der Waals surface area contributed by atoms with Crippen molar-refractivity contribution in [2.45, 2.75) is 18.5 Å². The van der Waals surface area contributed by atoms with Crippen molar-refractivity contribution >= 4 is 16.2 Å². The number of halogens is 1. The molecular formula is C15H15FN2O2S. The van der Waals surface area contributed by atoms with Crippen molar-refractivity contribution in [2.24, 2.45) is 5.10 Å². The van der Waals surface area contributed by atoms with Crippen molar-refractivity contribution in [1.82, 2.24) is 4.83 Å². The van der Waals surface area contributed by atoms with Crippen LogP contribution in [0.25, 0.3) is 0 Å². The first-order chi connectivity index (χ1) is 10.0. The number of aryl methyl sites for hydroxylation is 1. The molecule has 0 amide bonds. The lowest BCUT2D eigenvalue weighted by Crippen LogP contribution is -2.18. The number of alkyl halides is 1. The molecule has 0 saturated heterocycles. The van der Waals surface area contributed by atoms with Gasteiger partial charge in [-0.3, -0.25) is 0 Å². The van der Waals surface area contributed by atoms with Crippen LogP contribution in [0.5, 0.6) is 0 Å². The highest BCUT2D eigenvalue weighted by Gasteiger charge is 2.11. The fraction of sp³-hybridized carbons (Fsp3) is 0.133. The summed E-state index contributed by atoms with van der Waals surface area (Å²) >= 11 is 0. The highest BCUT2D eigenvalue weighted by atomic mass is 32.2. The third-order valence-electron chi connectivity index (χ3n) is 2.91. The molecule has 0 aliphatic rings. The number of benzene rings is 2. The average Bonchev–Trinajstić information content (AvgIpc) is 2.48. The molecule has 2 aromatic rings. The Morgan fingerprint density at radius 2 is 1.81 bits per heavy atom. The smallest absolute Gasteiger partial charge is 0.246 e. The van der Waals surface area contributed by atoms with Crippen LogP contribution in [0.2, 0.25) is 0 Å². The van der Waals surface area contributed by atoms with Crippen LogP contribution in [0.4, 0.5) is 4.39 Å². The van der Waals surface area contributed by atoms with Gasteiger partial charge in [-0.05, 0) is 24.6 Å². The summed E-state index contributed by atoms with van der Waals surface area (Å²) in [7, 11) is -3.71. The van der Waals surface area contributed by atoms with E-state index < -0.39 is 16.7 Å². The molecule has 0 aromatic heterocycles. The van der Waals surface area contributed by atoms with Gasteiger partial charge in [-0.1, -0.05) is 42.0 Å². The van der Waals surface area contributed by atoms with Crippen molar-refractivity contribution in [1.29, 1.82) is 0 Å². The van der Waals surface area contributed by atoms with E-state index in [1.54, 1.807) is 36.4 Å². The van der Waals surface area contributed by atoms with Gasteiger partial charge in [-0.25, -0.2) is 9.22 Å². The number of rotatable bonds is 5. The zero-order valence-corrected chi connectivity index (χ0v) is 12.3. The van der Waals surface area contributed by atoms with E-state index in [9.17, 15) is 12.8 Å². The number of hydrogen-bond donors (Lipinski definition) is 1. The lowest BCUT2D eigenvalue weighted by molar-refractivity contribution is 0.485. The van der Waals surface area contributed by atoms with E-state index in [1.807, 2.05) is 6.92 Å². The summed E-state index contributed by atoms with van der Waals surface area (Å²) in [5.74, 6) is 0. The second kappa shape index (κ2) is 6.49. The van der Waals surface area contributed by atoms with Gasteiger partial charge in [0.15, 0.2) is 0 Å². The average molecular weight is 306 g/mol. The Morgan fingerprint density at radius 3 is 2.48 bits per heavy atom. The Bertz CT molecular complexity index is 741. The molecule has 1 N–H and O–H groups in total. The van der Waals surface area contributed by atoms with Gasteiger partial charge in [-0.2, -0.15) is 13.5 Å². The summed E-state index contributed by atoms with van der Waals surface area (Å²) in [6.45, 7) is 1.24. The first-order valence-corrected chi connectivity index (χ1v) is 7.76. The second-order valence-electron chi connectivity index (χ2n) is 4.50. The minimum atomic E-state index is -3.71. The summed E-state index contributed by atoms with van der Waals surface area (Å²) in [5.41, 5.74) is 1.96. The number of hydrazone groups is 1. The van der Waals surface area contributed by atoms with Gasteiger partial charge in [0.1, 0.15) is 6.67 Å². The van der Waals surface area contributed by atoms with E-state index in [4.69, 9.17) is 0 Å². The molecule has 0 aliphatic heterocycles. The minimum Gasteiger partial charge on any atom is -0.246 e. The Hall–Kier alpha value is -2.21. The SMILES string of the molecule is Cc1ccc(S(=O)(=O)N/N=C/c2ccccc2CF)cc1. The molecule has 2 rings (SSSR count). The molecule has 0 fully saturated rings. The van der Waals surface area contributed by atoms with E-state index in [-0.39, 0.29) is 4.90 Å². The predicted octanol–water partition coefficient (Wildman–Crippen LogP) is 2.78. The maximum absolute atomic E-state index is 12.7. The number of hydrogen-bond acceptors (Lipinski definition) is 3. The van der Waals surface area contributed by atoms with Crippen molar-refractivity contribution in [3.8, 4) is 0 Å². The van der Waals surface area contributed by atoms with Gasteiger partial charge in [0.2, 0.25) is 0 Å². The maximum atomic E-state index is 12.7. The topological polar surface area (TPSA) is 58.5 Å². The van der Waals surface area contributed by atoms with Crippen molar-refractivity contribution < 1.29 is 12.8 Å². The first kappa shape index (κ1) is 15.2. The molecule has 0 unspecified atom stereocenters. The van der Waals surface area contributed by atoms with Crippen LogP contribution < -0.4 is 4.83 Å². The van der Waals surface area contributed by atoms with Gasteiger partial charge >= 0.3 is 0 Å². The van der Waals surface area contributed by atoms with Crippen LogP contribution >= 0.6 is 0 Å². The van der Waals surface area contributed by atoms with Crippen LogP contribution in [0.3, 0.4) is 0 Å². The zero-order valence-electron chi connectivity index (χ0n) is 11.5. The monoisotopic (exact) mass is 306 g/mol. The zero-order chi connectivity index (χ0) is 15.3. The summed E-state index contributed by atoms with van der Waals surface area (Å²) in [5, 5.41) is 3.69. The van der Waals surface area contributed by atoms with E-state index in [0.29, 0.717) is 11.1 Å². The number of nitrogens with one attached hydrogen (secondary N) is 1. The Kier molecular flexibility index (Phi) is 4.70. The predicted molar refractivity (Wildman–Crippen MR) is 80.3 cm³/mol. The summed E-state index contributed by atoms with van der Waals surface area (Å²) in [6.07, 6.45) is 1.29. The van der Waals surface area contributed by atoms with E-state index in [2.05, 4.69) is 9.93 Å². The van der Waals surface area contributed by atoms with Gasteiger partial charge in [-0.15, -0.1) is 0 Å². The normalized spacial score (nSPS) is 11.7. The molecule has 0 spiro atoms. The van der Waals surface area contributed by atoms with Gasteiger partial charge in [0.25, 0.3) is 10.0 Å². The second-order valence-corrected chi connectivity index (χ2v) is 6.16. The van der Waals surface area contributed by atoms with Crippen LogP contribution in [-0.4, -0.2) is 14.6 Å². The Balaban J connectivity index is 2.14. The molecule has 21 heavy (non-hydrogen) atoms. The van der Waals surface area contributed by atoms with Gasteiger partial charge < -0.3 is 0 Å². The molecule has 2 aromatic carbocycles. The van der Waals surface area contributed by atoms with Gasteiger partial charge in [0, 0.05) is 5.56 Å². The third kappa shape index (κ3) is 3.88. The van der Waals surface area contributed by atoms with Crippen molar-refractivity contribution in [3.63, 3.8) is 0 Å². The lowest BCUT2D eigenvalue weighted by Gasteiger charge is -2.04. The molecule has 0 aliphatic carbocycles. The molecule has 4 nitrogen and oxygen atoms in total. The van der Waals surface area contributed by atoms with Crippen molar-refractivity contribution in [2.75, 3.05) is 0 Å². The van der Waals surface area contributed by atoms with Crippen LogP contribution in [0.15, 0.2) is 58.5 Å². The third-order valence-corrected chi connectivity index (χ3v) is 4.15. The Morgan fingerprint density at radius 1 is 1.14 bits per heavy atom. The van der Waals surface area contributed by atoms with E-state index >= 15 is 0 Å². The van der Waals surface area contributed by atoms with Crippen LogP contribution in [0, 0.1) is 6.92 Å². The van der Waals surface area contributed by atoms with E-state index in [1.165, 1.54) is 18.3 Å². The molecule has 0 saturated carbocycles. The first-order valence-electron chi connectivity index (χ1n) is 6.28. The van der Waals surface area contributed by atoms with Crippen LogP contribution in [-0.2, 0) is 16.7 Å². The summed E-state index contributed by atoms with van der Waals surface area (Å²) in [4.78, 5) is 2.24. The van der Waals surface area contributed by atoms with Gasteiger partial charge in [0.05, 0.1) is 11.1 Å². The molecule has 0 bridgehead atoms. The Labute approximate surface area is 123 Å². The standard InChI is InChI=1S/C15H15FN2O2S/c1-12-6-8-15(9-7-12)21(19,20)18-17-11-14-5-3-2-4-13(14)10-16/h2-9,11,18H,10H2,1H3/b17-11+. The molecule has 6 heteroatoms. The quantitative estimate of drug-likeness (QED) is 0.682. The highest BCUT2D eigenvalue weighted by Crippen LogP contribution is 2.10. The molecule has 0 heterocycles. The van der Waals surface area contributed by atoms with E-state index in [0.717, 1.165) is 5.56 Å². The summed E-state index contributed by atoms with van der Waals surface area (Å²) in [6, 6.07) is 13.1. The van der Waals surface area contributed by atoms with Crippen molar-refractivity contribution in [3.05, 3.63) is 65.2 Å². The minimum absolute atomic E-state index is 0.129. The lowest BCUT2D eigenvalue weighted by atomic mass is 10.1. The molecular weight excluding hydrogens is 291 g/mol. The van der Waals surface area contributed by atoms with Crippen LogP contribution in [0.1, 0.15) is 16.7 Å².